The van der Waals surface area contributed by atoms with Crippen molar-refractivity contribution >= 4 is 5.91 Å². The first-order valence-electron chi connectivity index (χ1n) is 7.88. The monoisotopic (exact) mass is 272 g/mol. The second kappa shape index (κ2) is 6.40. The Morgan fingerprint density at radius 2 is 1.90 bits per heavy atom. The largest absolute Gasteiger partial charge is 0.352 e. The highest BCUT2D eigenvalue weighted by Gasteiger charge is 2.30. The normalized spacial score (nSPS) is 24.1. The second-order valence-corrected chi connectivity index (χ2v) is 6.15. The zero-order valence-electron chi connectivity index (χ0n) is 12.1. The smallest absolute Gasteiger partial charge is 0.224 e. The van der Waals surface area contributed by atoms with E-state index in [0.717, 1.165) is 31.1 Å². The summed E-state index contributed by atoms with van der Waals surface area (Å²) in [5, 5.41) is 3.20. The van der Waals surface area contributed by atoms with Crippen molar-refractivity contribution in [2.75, 3.05) is 13.1 Å². The summed E-state index contributed by atoms with van der Waals surface area (Å²) >= 11 is 0. The summed E-state index contributed by atoms with van der Waals surface area (Å²) in [7, 11) is 0. The van der Waals surface area contributed by atoms with Gasteiger partial charge in [-0.2, -0.15) is 0 Å². The second-order valence-electron chi connectivity index (χ2n) is 6.15. The van der Waals surface area contributed by atoms with E-state index >= 15 is 0 Å². The van der Waals surface area contributed by atoms with E-state index in [1.165, 1.54) is 25.7 Å². The lowest BCUT2D eigenvalue weighted by Gasteiger charge is -2.23. The first-order chi connectivity index (χ1) is 9.81. The van der Waals surface area contributed by atoms with Crippen molar-refractivity contribution < 1.29 is 4.79 Å². The van der Waals surface area contributed by atoms with Gasteiger partial charge in [-0.05, 0) is 24.8 Å². The number of hydrogen-bond donors (Lipinski definition) is 1. The Hall–Kier alpha value is -1.35. The van der Waals surface area contributed by atoms with Crippen molar-refractivity contribution in [1.29, 1.82) is 0 Å². The van der Waals surface area contributed by atoms with E-state index in [-0.39, 0.29) is 5.91 Å². The standard InChI is InChI=1S/C17H24N2O/c20-17(12-14-6-2-1-3-7-14)18-15-10-11-19(13-15)16-8-4-5-9-16/h1-3,6-7,15-16H,4-5,8-13H2,(H,18,20). The topological polar surface area (TPSA) is 32.3 Å². The lowest BCUT2D eigenvalue weighted by Crippen LogP contribution is -2.39. The van der Waals surface area contributed by atoms with Crippen LogP contribution in [0.4, 0.5) is 0 Å². The highest BCUT2D eigenvalue weighted by molar-refractivity contribution is 5.78. The predicted octanol–water partition coefficient (Wildman–Crippen LogP) is 2.36. The maximum absolute atomic E-state index is 12.1. The molecule has 0 bridgehead atoms. The highest BCUT2D eigenvalue weighted by atomic mass is 16.1. The molecule has 108 valence electrons. The fourth-order valence-corrected chi connectivity index (χ4v) is 3.57. The zero-order valence-corrected chi connectivity index (χ0v) is 12.1. The van der Waals surface area contributed by atoms with Crippen LogP contribution in [0.3, 0.4) is 0 Å². The molecule has 3 heteroatoms. The third-order valence-electron chi connectivity index (χ3n) is 4.63. The molecule has 1 aromatic rings. The Labute approximate surface area is 121 Å². The summed E-state index contributed by atoms with van der Waals surface area (Å²) < 4.78 is 0. The molecule has 1 amide bonds. The number of carbonyl (C=O) groups is 1. The Morgan fingerprint density at radius 1 is 1.15 bits per heavy atom. The fourth-order valence-electron chi connectivity index (χ4n) is 3.57. The summed E-state index contributed by atoms with van der Waals surface area (Å²) in [6.07, 6.45) is 7.07. The molecule has 1 aliphatic heterocycles. The van der Waals surface area contributed by atoms with Crippen LogP contribution in [-0.4, -0.2) is 36.0 Å². The summed E-state index contributed by atoms with van der Waals surface area (Å²) in [4.78, 5) is 14.7. The van der Waals surface area contributed by atoms with Gasteiger partial charge in [0, 0.05) is 25.2 Å². The minimum Gasteiger partial charge on any atom is -0.352 e. The van der Waals surface area contributed by atoms with Crippen LogP contribution < -0.4 is 5.32 Å². The number of hydrogen-bond acceptors (Lipinski definition) is 2. The van der Waals surface area contributed by atoms with Crippen LogP contribution in [0.1, 0.15) is 37.7 Å². The van der Waals surface area contributed by atoms with Gasteiger partial charge in [0.15, 0.2) is 0 Å². The van der Waals surface area contributed by atoms with Crippen LogP contribution in [0.25, 0.3) is 0 Å². The quantitative estimate of drug-likeness (QED) is 0.912. The van der Waals surface area contributed by atoms with Crippen molar-refractivity contribution in [2.45, 2.75) is 50.6 Å². The third-order valence-corrected chi connectivity index (χ3v) is 4.63. The predicted molar refractivity (Wildman–Crippen MR) is 80.5 cm³/mol. The Bertz CT molecular complexity index is 440. The van der Waals surface area contributed by atoms with Crippen LogP contribution in [-0.2, 0) is 11.2 Å². The molecule has 0 radical (unpaired) electrons. The summed E-state index contributed by atoms with van der Waals surface area (Å²) in [6.45, 7) is 2.20. The molecule has 0 aromatic heterocycles. The van der Waals surface area contributed by atoms with Crippen LogP contribution in [0.5, 0.6) is 0 Å². The Balaban J connectivity index is 1.45. The summed E-state index contributed by atoms with van der Waals surface area (Å²) in [6, 6.07) is 11.1. The molecule has 3 nitrogen and oxygen atoms in total. The molecule has 0 spiro atoms. The van der Waals surface area contributed by atoms with Crippen molar-refractivity contribution in [2.24, 2.45) is 0 Å². The van der Waals surface area contributed by atoms with Gasteiger partial charge in [-0.1, -0.05) is 43.2 Å². The van der Waals surface area contributed by atoms with Crippen LogP contribution >= 0.6 is 0 Å². The molecule has 1 N–H and O–H groups in total. The van der Waals surface area contributed by atoms with Crippen molar-refractivity contribution in [1.82, 2.24) is 10.2 Å². The molecule has 3 rings (SSSR count). The fraction of sp³-hybridized carbons (Fsp3) is 0.588. The summed E-state index contributed by atoms with van der Waals surface area (Å²) in [5.41, 5.74) is 1.09. The molecular weight excluding hydrogens is 248 g/mol. The average Bonchev–Trinajstić information content (AvgIpc) is 3.10. The number of rotatable bonds is 4. The zero-order chi connectivity index (χ0) is 13.8. The number of likely N-dealkylation sites (tertiary alicyclic amines) is 1. The van der Waals surface area contributed by atoms with Crippen molar-refractivity contribution in [3.63, 3.8) is 0 Å². The van der Waals surface area contributed by atoms with Gasteiger partial charge in [0.1, 0.15) is 0 Å². The number of benzene rings is 1. The Kier molecular flexibility index (Phi) is 4.36. The molecule has 1 atom stereocenters. The lowest BCUT2D eigenvalue weighted by molar-refractivity contribution is -0.121. The number of nitrogens with one attached hydrogen (secondary N) is 1. The van der Waals surface area contributed by atoms with E-state index in [1.54, 1.807) is 0 Å². The van der Waals surface area contributed by atoms with Crippen LogP contribution in [0.15, 0.2) is 30.3 Å². The van der Waals surface area contributed by atoms with Crippen LogP contribution in [0.2, 0.25) is 0 Å². The Morgan fingerprint density at radius 3 is 2.65 bits per heavy atom. The van der Waals surface area contributed by atoms with E-state index in [2.05, 4.69) is 10.2 Å². The van der Waals surface area contributed by atoms with E-state index in [0.29, 0.717) is 12.5 Å². The van der Waals surface area contributed by atoms with Gasteiger partial charge >= 0.3 is 0 Å². The average molecular weight is 272 g/mol. The van der Waals surface area contributed by atoms with Gasteiger partial charge in [-0.15, -0.1) is 0 Å². The van der Waals surface area contributed by atoms with Gasteiger partial charge in [0.2, 0.25) is 5.91 Å². The van der Waals surface area contributed by atoms with E-state index in [4.69, 9.17) is 0 Å². The van der Waals surface area contributed by atoms with Gasteiger partial charge in [-0.3, -0.25) is 9.69 Å². The van der Waals surface area contributed by atoms with E-state index < -0.39 is 0 Å². The molecule has 1 aliphatic carbocycles. The number of nitrogens with zero attached hydrogens (tertiary/aromatic N) is 1. The SMILES string of the molecule is O=C(Cc1ccccc1)NC1CCN(C2CCCC2)C1. The molecule has 2 aliphatic rings. The third kappa shape index (κ3) is 3.40. The first kappa shape index (κ1) is 13.6. The van der Waals surface area contributed by atoms with Gasteiger partial charge in [0.05, 0.1) is 6.42 Å². The van der Waals surface area contributed by atoms with Gasteiger partial charge in [0.25, 0.3) is 0 Å². The maximum atomic E-state index is 12.1. The summed E-state index contributed by atoms with van der Waals surface area (Å²) in [5.74, 6) is 0.162. The molecular formula is C17H24N2O. The maximum Gasteiger partial charge on any atom is 0.224 e. The molecule has 1 saturated heterocycles. The molecule has 1 heterocycles. The lowest BCUT2D eigenvalue weighted by atomic mass is 10.1. The van der Waals surface area contributed by atoms with E-state index in [9.17, 15) is 4.79 Å². The first-order valence-corrected chi connectivity index (χ1v) is 7.88. The molecule has 20 heavy (non-hydrogen) atoms. The van der Waals surface area contributed by atoms with Crippen molar-refractivity contribution in [3.05, 3.63) is 35.9 Å². The molecule has 1 aromatic carbocycles. The molecule has 2 fully saturated rings. The molecule has 1 saturated carbocycles. The molecule has 1 unspecified atom stereocenters. The van der Waals surface area contributed by atoms with Gasteiger partial charge in [-0.25, -0.2) is 0 Å². The van der Waals surface area contributed by atoms with Crippen LogP contribution in [0, 0.1) is 0 Å². The number of amides is 1. The minimum atomic E-state index is 0.162. The number of carbonyl (C=O) groups excluding carboxylic acids is 1. The highest BCUT2D eigenvalue weighted by Crippen LogP contribution is 2.26. The van der Waals surface area contributed by atoms with Gasteiger partial charge < -0.3 is 5.32 Å². The minimum absolute atomic E-state index is 0.162. The van der Waals surface area contributed by atoms with Crippen molar-refractivity contribution in [3.8, 4) is 0 Å². The van der Waals surface area contributed by atoms with E-state index in [1.807, 2.05) is 30.3 Å².